The highest BCUT2D eigenvalue weighted by Gasteiger charge is 2.02. The van der Waals surface area contributed by atoms with Crippen LogP contribution in [0.2, 0.25) is 0 Å². The fraction of sp³-hybridized carbons (Fsp3) is 0.316. The summed E-state index contributed by atoms with van der Waals surface area (Å²) < 4.78 is 27.5. The first-order valence-electron chi connectivity index (χ1n) is 8.42. The molecule has 8 heteroatoms. The summed E-state index contributed by atoms with van der Waals surface area (Å²) in [6.07, 6.45) is 5.38. The van der Waals surface area contributed by atoms with Crippen LogP contribution in [-0.2, 0) is 9.47 Å². The van der Waals surface area contributed by atoms with E-state index in [1.54, 1.807) is 24.4 Å². The molecule has 1 aromatic carbocycles. The second-order valence-electron chi connectivity index (χ2n) is 5.37. The Balaban J connectivity index is 1.70. The summed E-state index contributed by atoms with van der Waals surface area (Å²) in [6.45, 7) is 1.10. The monoisotopic (exact) mass is 376 g/mol. The van der Waals surface area contributed by atoms with Gasteiger partial charge in [0.1, 0.15) is 13.3 Å². The van der Waals surface area contributed by atoms with Gasteiger partial charge >= 0.3 is 0 Å². The first-order valence-corrected chi connectivity index (χ1v) is 8.42. The third-order valence-corrected chi connectivity index (χ3v) is 3.40. The molecule has 0 unspecified atom stereocenters. The maximum atomic E-state index is 11.8. The fourth-order valence-electron chi connectivity index (χ4n) is 2.06. The van der Waals surface area contributed by atoms with Crippen molar-refractivity contribution in [1.82, 2.24) is 4.98 Å². The minimum absolute atomic E-state index is 0.0617. The Morgan fingerprint density at radius 2 is 1.56 bits per heavy atom. The van der Waals surface area contributed by atoms with Crippen molar-refractivity contribution < 1.29 is 23.5 Å². The quantitative estimate of drug-likeness (QED) is 0.320. The molecule has 0 N–H and O–H groups in total. The van der Waals surface area contributed by atoms with Crippen molar-refractivity contribution in [3.63, 3.8) is 0 Å². The highest BCUT2D eigenvalue weighted by Crippen LogP contribution is 2.15. The van der Waals surface area contributed by atoms with Crippen LogP contribution in [0.5, 0.6) is 5.88 Å². The molecule has 0 fully saturated rings. The van der Waals surface area contributed by atoms with Crippen LogP contribution in [0.1, 0.15) is 11.1 Å². The van der Waals surface area contributed by atoms with E-state index in [-0.39, 0.29) is 12.3 Å². The van der Waals surface area contributed by atoms with Gasteiger partial charge in [0.05, 0.1) is 31.4 Å². The summed E-state index contributed by atoms with van der Waals surface area (Å²) in [5, 5.41) is 10.6. The van der Waals surface area contributed by atoms with Gasteiger partial charge in [0.25, 0.3) is 5.69 Å². The Morgan fingerprint density at radius 3 is 2.19 bits per heavy atom. The molecular formula is C19H21FN2O5. The number of nitro benzene ring substituents is 1. The van der Waals surface area contributed by atoms with E-state index in [9.17, 15) is 14.5 Å². The Labute approximate surface area is 156 Å². The summed E-state index contributed by atoms with van der Waals surface area (Å²) >= 11 is 0. The lowest BCUT2D eigenvalue weighted by Crippen LogP contribution is -2.11. The van der Waals surface area contributed by atoms with E-state index < -0.39 is 11.6 Å². The van der Waals surface area contributed by atoms with E-state index >= 15 is 0 Å². The molecule has 0 atom stereocenters. The highest BCUT2D eigenvalue weighted by atomic mass is 19.1. The maximum Gasteiger partial charge on any atom is 0.269 e. The Bertz CT molecular complexity index is 720. The van der Waals surface area contributed by atoms with Gasteiger partial charge in [0.15, 0.2) is 0 Å². The number of aromatic nitrogens is 1. The molecular weight excluding hydrogens is 355 g/mol. The molecule has 0 spiro atoms. The van der Waals surface area contributed by atoms with E-state index in [4.69, 9.17) is 14.2 Å². The maximum absolute atomic E-state index is 11.8. The van der Waals surface area contributed by atoms with Crippen molar-refractivity contribution >= 4 is 17.8 Å². The van der Waals surface area contributed by atoms with Crippen molar-refractivity contribution in [3.8, 4) is 5.88 Å². The standard InChI is InChI=1S/C19H21FN2O5/c20-9-10-25-11-12-26-13-14-27-19-8-5-17(15-21-19)2-1-16-3-6-18(7-4-16)22(23)24/h1-8,15H,9-14H2. The predicted molar refractivity (Wildman–Crippen MR) is 99.4 cm³/mol. The van der Waals surface area contributed by atoms with Gasteiger partial charge in [-0.15, -0.1) is 0 Å². The van der Waals surface area contributed by atoms with Crippen LogP contribution in [0.25, 0.3) is 12.2 Å². The van der Waals surface area contributed by atoms with Gasteiger partial charge in [0, 0.05) is 24.4 Å². The van der Waals surface area contributed by atoms with E-state index in [2.05, 4.69) is 4.98 Å². The minimum atomic E-state index is -0.492. The average Bonchev–Trinajstić information content (AvgIpc) is 2.69. The van der Waals surface area contributed by atoms with E-state index in [1.165, 1.54) is 12.1 Å². The van der Waals surface area contributed by atoms with Crippen molar-refractivity contribution in [2.45, 2.75) is 0 Å². The smallest absolute Gasteiger partial charge is 0.269 e. The van der Waals surface area contributed by atoms with Gasteiger partial charge in [-0.3, -0.25) is 10.1 Å². The molecule has 0 saturated heterocycles. The normalized spacial score (nSPS) is 11.0. The largest absolute Gasteiger partial charge is 0.475 e. The van der Waals surface area contributed by atoms with Crippen LogP contribution in [-0.4, -0.2) is 49.6 Å². The number of nitro groups is 1. The average molecular weight is 376 g/mol. The first kappa shape index (κ1) is 20.5. The molecule has 0 bridgehead atoms. The van der Waals surface area contributed by atoms with Crippen LogP contribution < -0.4 is 4.74 Å². The number of ether oxygens (including phenoxy) is 3. The van der Waals surface area contributed by atoms with Gasteiger partial charge in [-0.05, 0) is 29.3 Å². The molecule has 2 rings (SSSR count). The molecule has 27 heavy (non-hydrogen) atoms. The third kappa shape index (κ3) is 7.93. The number of nitrogens with zero attached hydrogens (tertiary/aromatic N) is 2. The molecule has 7 nitrogen and oxygen atoms in total. The van der Waals surface area contributed by atoms with Crippen LogP contribution in [0.4, 0.5) is 10.1 Å². The third-order valence-electron chi connectivity index (χ3n) is 3.40. The second kappa shape index (κ2) is 11.7. The summed E-state index contributed by atoms with van der Waals surface area (Å²) in [7, 11) is 0. The number of hydrogen-bond donors (Lipinski definition) is 0. The van der Waals surface area contributed by atoms with E-state index in [1.807, 2.05) is 18.2 Å². The summed E-state index contributed by atoms with van der Waals surface area (Å²) in [4.78, 5) is 14.4. The number of benzene rings is 1. The van der Waals surface area contributed by atoms with Crippen LogP contribution >= 0.6 is 0 Å². The molecule has 0 amide bonds. The molecule has 0 radical (unpaired) electrons. The van der Waals surface area contributed by atoms with Crippen molar-refractivity contribution in [2.75, 3.05) is 39.7 Å². The van der Waals surface area contributed by atoms with Crippen LogP contribution in [0.15, 0.2) is 42.6 Å². The van der Waals surface area contributed by atoms with Gasteiger partial charge in [-0.2, -0.15) is 0 Å². The van der Waals surface area contributed by atoms with Crippen LogP contribution in [0, 0.1) is 10.1 Å². The zero-order valence-electron chi connectivity index (χ0n) is 14.8. The number of rotatable bonds is 12. The molecule has 144 valence electrons. The topological polar surface area (TPSA) is 83.7 Å². The second-order valence-corrected chi connectivity index (χ2v) is 5.37. The SMILES string of the molecule is O=[N+]([O-])c1ccc(C=Cc2ccc(OCCOCCOCCF)nc2)cc1. The number of halogens is 1. The number of alkyl halides is 1. The Hall–Kier alpha value is -2.84. The Kier molecular flexibility index (Phi) is 8.88. The van der Waals surface area contributed by atoms with Crippen molar-refractivity contribution in [2.24, 2.45) is 0 Å². The highest BCUT2D eigenvalue weighted by molar-refractivity contribution is 5.69. The number of non-ortho nitro benzene ring substituents is 1. The number of pyridine rings is 1. The summed E-state index contributed by atoms with van der Waals surface area (Å²) in [5.41, 5.74) is 1.79. The van der Waals surface area contributed by atoms with Gasteiger partial charge in [-0.25, -0.2) is 9.37 Å². The lowest BCUT2D eigenvalue weighted by molar-refractivity contribution is -0.384. The molecule has 1 aromatic heterocycles. The van der Waals surface area contributed by atoms with Crippen LogP contribution in [0.3, 0.4) is 0 Å². The molecule has 0 aliphatic rings. The van der Waals surface area contributed by atoms with Gasteiger partial charge in [-0.1, -0.05) is 12.2 Å². The van der Waals surface area contributed by atoms with Gasteiger partial charge in [0.2, 0.25) is 5.88 Å². The molecule has 0 saturated carbocycles. The summed E-state index contributed by atoms with van der Waals surface area (Å²) in [6, 6.07) is 9.90. The first-order chi connectivity index (χ1) is 13.2. The molecule has 0 aliphatic carbocycles. The fourth-order valence-corrected chi connectivity index (χ4v) is 2.06. The van der Waals surface area contributed by atoms with E-state index in [0.29, 0.717) is 32.3 Å². The lowest BCUT2D eigenvalue weighted by atomic mass is 10.1. The zero-order valence-corrected chi connectivity index (χ0v) is 14.8. The lowest BCUT2D eigenvalue weighted by Gasteiger charge is -2.06. The predicted octanol–water partition coefficient (Wildman–Crippen LogP) is 3.54. The zero-order chi connectivity index (χ0) is 19.3. The summed E-state index contributed by atoms with van der Waals surface area (Å²) in [5.74, 6) is 0.486. The molecule has 1 heterocycles. The minimum Gasteiger partial charge on any atom is -0.475 e. The van der Waals surface area contributed by atoms with E-state index in [0.717, 1.165) is 11.1 Å². The Morgan fingerprint density at radius 1 is 0.926 bits per heavy atom. The van der Waals surface area contributed by atoms with Crippen molar-refractivity contribution in [3.05, 3.63) is 63.8 Å². The molecule has 0 aliphatic heterocycles. The van der Waals surface area contributed by atoms with Crippen molar-refractivity contribution in [1.29, 1.82) is 0 Å². The number of hydrogen-bond acceptors (Lipinski definition) is 6. The van der Waals surface area contributed by atoms with Gasteiger partial charge < -0.3 is 14.2 Å². The molecule has 2 aromatic rings.